The van der Waals surface area contributed by atoms with Crippen LogP contribution in [0.25, 0.3) is 0 Å². The fourth-order valence-electron chi connectivity index (χ4n) is 0.872. The van der Waals surface area contributed by atoms with Crippen LogP contribution < -0.4 is 4.72 Å². The first kappa shape index (κ1) is 11.2. The minimum absolute atomic E-state index is 0.130. The molecule has 0 aliphatic heterocycles. The number of rotatable bonds is 2. The number of hydrogen-bond acceptors (Lipinski definition) is 3. The van der Waals surface area contributed by atoms with E-state index in [-0.39, 0.29) is 4.90 Å². The maximum Gasteiger partial charge on any atom is 0.240 e. The lowest BCUT2D eigenvalue weighted by atomic mass is 10.2. The first-order valence-corrected chi connectivity index (χ1v) is 5.92. The molecule has 0 aliphatic carbocycles. The average Bonchev–Trinajstić information content (AvgIpc) is 2.17. The van der Waals surface area contributed by atoms with Gasteiger partial charge in [0.25, 0.3) is 0 Å². The lowest BCUT2D eigenvalue weighted by molar-refractivity contribution is 0.588. The van der Waals surface area contributed by atoms with Gasteiger partial charge in [0.1, 0.15) is 6.07 Å². The summed E-state index contributed by atoms with van der Waals surface area (Å²) in [7, 11) is -2.10. The predicted molar refractivity (Wildman–Crippen MR) is 55.1 cm³/mol. The van der Waals surface area contributed by atoms with Crippen molar-refractivity contribution < 1.29 is 8.42 Å². The number of sulfonamides is 1. The summed E-state index contributed by atoms with van der Waals surface area (Å²) in [5.74, 6) is 0. The van der Waals surface area contributed by atoms with Crippen LogP contribution in [0.3, 0.4) is 0 Å². The molecule has 1 rings (SSSR count). The molecule has 1 N–H and O–H groups in total. The van der Waals surface area contributed by atoms with Crippen molar-refractivity contribution in [2.45, 2.75) is 4.90 Å². The molecule has 0 radical (unpaired) electrons. The fraction of sp³-hybridized carbons (Fsp3) is 0.125. The number of benzene rings is 1. The molecule has 1 aromatic rings. The van der Waals surface area contributed by atoms with Gasteiger partial charge in [-0.3, -0.25) is 0 Å². The van der Waals surface area contributed by atoms with Crippen LogP contribution in [0, 0.1) is 11.3 Å². The average molecular weight is 275 g/mol. The lowest BCUT2D eigenvalue weighted by Gasteiger charge is -2.03. The number of nitrogens with zero attached hydrogens (tertiary/aromatic N) is 1. The second-order valence-electron chi connectivity index (χ2n) is 2.46. The summed E-state index contributed by atoms with van der Waals surface area (Å²) in [4.78, 5) is 0.130. The first-order valence-electron chi connectivity index (χ1n) is 3.64. The minimum Gasteiger partial charge on any atom is -0.214 e. The van der Waals surface area contributed by atoms with Gasteiger partial charge in [0.15, 0.2) is 0 Å². The Morgan fingerprint density at radius 1 is 1.50 bits per heavy atom. The van der Waals surface area contributed by atoms with Crippen molar-refractivity contribution in [3.05, 3.63) is 28.2 Å². The summed E-state index contributed by atoms with van der Waals surface area (Å²) in [5, 5.41) is 8.62. The topological polar surface area (TPSA) is 70.0 Å². The third-order valence-corrected chi connectivity index (χ3v) is 3.71. The number of hydrogen-bond donors (Lipinski definition) is 1. The Kier molecular flexibility index (Phi) is 3.26. The monoisotopic (exact) mass is 274 g/mol. The molecular weight excluding hydrogens is 268 g/mol. The van der Waals surface area contributed by atoms with E-state index < -0.39 is 10.0 Å². The molecule has 0 spiro atoms. The SMILES string of the molecule is CNS(=O)(=O)c1ccc(C#N)c(Br)c1. The van der Waals surface area contributed by atoms with Crippen LogP contribution in [0.2, 0.25) is 0 Å². The summed E-state index contributed by atoms with van der Waals surface area (Å²) in [6.45, 7) is 0. The Hall–Kier alpha value is -0.900. The zero-order chi connectivity index (χ0) is 10.8. The molecule has 0 bridgehead atoms. The van der Waals surface area contributed by atoms with Crippen molar-refractivity contribution >= 4 is 26.0 Å². The summed E-state index contributed by atoms with van der Waals surface area (Å²) in [6, 6.07) is 6.16. The zero-order valence-corrected chi connectivity index (χ0v) is 9.68. The Morgan fingerprint density at radius 2 is 2.14 bits per heavy atom. The van der Waals surface area contributed by atoms with Crippen LogP contribution >= 0.6 is 15.9 Å². The van der Waals surface area contributed by atoms with E-state index in [0.717, 1.165) is 0 Å². The Morgan fingerprint density at radius 3 is 2.57 bits per heavy atom. The smallest absolute Gasteiger partial charge is 0.214 e. The predicted octanol–water partition coefficient (Wildman–Crippen LogP) is 1.23. The van der Waals surface area contributed by atoms with E-state index in [1.807, 2.05) is 6.07 Å². The molecule has 0 unspecified atom stereocenters. The highest BCUT2D eigenvalue weighted by Crippen LogP contribution is 2.20. The van der Waals surface area contributed by atoms with Crippen LogP contribution in [0.5, 0.6) is 0 Å². The molecule has 4 nitrogen and oxygen atoms in total. The van der Waals surface area contributed by atoms with E-state index in [2.05, 4.69) is 20.7 Å². The largest absolute Gasteiger partial charge is 0.240 e. The van der Waals surface area contributed by atoms with E-state index in [0.29, 0.717) is 10.0 Å². The highest BCUT2D eigenvalue weighted by atomic mass is 79.9. The lowest BCUT2D eigenvalue weighted by Crippen LogP contribution is -2.18. The highest BCUT2D eigenvalue weighted by Gasteiger charge is 2.12. The van der Waals surface area contributed by atoms with Gasteiger partial charge in [-0.05, 0) is 41.2 Å². The van der Waals surface area contributed by atoms with Crippen LogP contribution in [-0.2, 0) is 10.0 Å². The molecule has 74 valence electrons. The van der Waals surface area contributed by atoms with Gasteiger partial charge in [-0.2, -0.15) is 5.26 Å². The van der Waals surface area contributed by atoms with E-state index in [4.69, 9.17) is 5.26 Å². The summed E-state index contributed by atoms with van der Waals surface area (Å²) >= 11 is 3.11. The maximum atomic E-state index is 11.3. The molecule has 0 aromatic heterocycles. The van der Waals surface area contributed by atoms with E-state index in [1.165, 1.54) is 25.2 Å². The quantitative estimate of drug-likeness (QED) is 0.882. The normalized spacial score (nSPS) is 10.9. The fourth-order valence-corrected chi connectivity index (χ4v) is 2.25. The standard InChI is InChI=1S/C8H7BrN2O2S/c1-11-14(12,13)7-3-2-6(5-10)8(9)4-7/h2-4,11H,1H3. The second kappa shape index (κ2) is 4.09. The Balaban J connectivity index is 3.31. The van der Waals surface area contributed by atoms with Gasteiger partial charge in [0, 0.05) is 4.47 Å². The van der Waals surface area contributed by atoms with Crippen molar-refractivity contribution in [1.29, 1.82) is 5.26 Å². The third-order valence-electron chi connectivity index (χ3n) is 1.64. The number of nitriles is 1. The number of halogens is 1. The summed E-state index contributed by atoms with van der Waals surface area (Å²) in [6.07, 6.45) is 0. The Labute approximate surface area is 90.7 Å². The molecular formula is C8H7BrN2O2S. The van der Waals surface area contributed by atoms with Crippen molar-refractivity contribution in [3.63, 3.8) is 0 Å². The van der Waals surface area contributed by atoms with E-state index >= 15 is 0 Å². The molecule has 1 aromatic carbocycles. The van der Waals surface area contributed by atoms with Crippen LogP contribution in [0.15, 0.2) is 27.6 Å². The van der Waals surface area contributed by atoms with Crippen molar-refractivity contribution in [1.82, 2.24) is 4.72 Å². The second-order valence-corrected chi connectivity index (χ2v) is 5.20. The van der Waals surface area contributed by atoms with Crippen molar-refractivity contribution in [2.24, 2.45) is 0 Å². The zero-order valence-electron chi connectivity index (χ0n) is 7.28. The summed E-state index contributed by atoms with van der Waals surface area (Å²) in [5.41, 5.74) is 0.403. The van der Waals surface area contributed by atoms with Crippen molar-refractivity contribution in [3.8, 4) is 6.07 Å². The molecule has 0 saturated heterocycles. The van der Waals surface area contributed by atoms with Gasteiger partial charge in [0.05, 0.1) is 10.5 Å². The molecule has 0 fully saturated rings. The molecule has 0 heterocycles. The maximum absolute atomic E-state index is 11.3. The highest BCUT2D eigenvalue weighted by molar-refractivity contribution is 9.10. The molecule has 14 heavy (non-hydrogen) atoms. The van der Waals surface area contributed by atoms with Gasteiger partial charge in [0.2, 0.25) is 10.0 Å². The summed E-state index contributed by atoms with van der Waals surface area (Å²) < 4.78 is 25.3. The Bertz CT molecular complexity index is 491. The van der Waals surface area contributed by atoms with Crippen LogP contribution in [-0.4, -0.2) is 15.5 Å². The van der Waals surface area contributed by atoms with Gasteiger partial charge in [-0.15, -0.1) is 0 Å². The van der Waals surface area contributed by atoms with Crippen LogP contribution in [0.1, 0.15) is 5.56 Å². The molecule has 0 saturated carbocycles. The molecule has 6 heteroatoms. The molecule has 0 amide bonds. The first-order chi connectivity index (χ1) is 6.51. The van der Waals surface area contributed by atoms with Gasteiger partial charge in [-0.25, -0.2) is 13.1 Å². The van der Waals surface area contributed by atoms with Gasteiger partial charge < -0.3 is 0 Å². The van der Waals surface area contributed by atoms with Crippen LogP contribution in [0.4, 0.5) is 0 Å². The van der Waals surface area contributed by atoms with E-state index in [9.17, 15) is 8.42 Å². The molecule has 0 aliphatic rings. The number of nitrogens with one attached hydrogen (secondary N) is 1. The van der Waals surface area contributed by atoms with E-state index in [1.54, 1.807) is 0 Å². The van der Waals surface area contributed by atoms with Gasteiger partial charge >= 0.3 is 0 Å². The third kappa shape index (κ3) is 2.12. The van der Waals surface area contributed by atoms with Gasteiger partial charge in [-0.1, -0.05) is 0 Å². The molecule has 0 atom stereocenters. The minimum atomic E-state index is -3.44. The van der Waals surface area contributed by atoms with Crippen molar-refractivity contribution in [2.75, 3.05) is 7.05 Å².